The number of halogens is 1. The van der Waals surface area contributed by atoms with Crippen LogP contribution in [0.15, 0.2) is 61.2 Å². The molecule has 0 aliphatic heterocycles. The molecular weight excluding hydrogens is 437 g/mol. The van der Waals surface area contributed by atoms with Crippen LogP contribution >= 0.6 is 22.6 Å². The highest BCUT2D eigenvalue weighted by molar-refractivity contribution is 14.1. The summed E-state index contributed by atoms with van der Waals surface area (Å²) in [5.74, 6) is 0.115. The molecule has 0 spiro atoms. The molecule has 4 nitrogen and oxygen atoms in total. The molecule has 1 heterocycles. The number of allylic oxidation sites excluding steroid dienone is 4. The van der Waals surface area contributed by atoms with Crippen molar-refractivity contribution >= 4 is 28.5 Å². The summed E-state index contributed by atoms with van der Waals surface area (Å²) in [5.41, 5.74) is 7.44. The minimum absolute atomic E-state index is 0.161. The number of hydrogen-bond donors (Lipinski definition) is 1. The van der Waals surface area contributed by atoms with Gasteiger partial charge in [0.15, 0.2) is 0 Å². The van der Waals surface area contributed by atoms with E-state index < -0.39 is 0 Å². The first kappa shape index (κ1) is 18.9. The van der Waals surface area contributed by atoms with Crippen molar-refractivity contribution in [2.24, 2.45) is 11.7 Å². The van der Waals surface area contributed by atoms with Gasteiger partial charge in [-0.3, -0.25) is 4.79 Å². The van der Waals surface area contributed by atoms with Crippen molar-refractivity contribution in [2.75, 3.05) is 0 Å². The van der Waals surface area contributed by atoms with Crippen molar-refractivity contribution in [1.82, 2.24) is 9.55 Å². The number of carbonyl (C=O) groups excluding carboxylic acids is 1. The molecule has 0 fully saturated rings. The van der Waals surface area contributed by atoms with Gasteiger partial charge in [-0.2, -0.15) is 0 Å². The lowest BCUT2D eigenvalue weighted by Gasteiger charge is -2.43. The van der Waals surface area contributed by atoms with E-state index in [0.29, 0.717) is 5.92 Å². The Morgan fingerprint density at radius 3 is 2.73 bits per heavy atom. The SMILES string of the molecule is CC(C)C(n1ccnc1)C1(c2ccc(CC(N)=O)cc2I)C=CC=CC1. The van der Waals surface area contributed by atoms with Crippen molar-refractivity contribution in [1.29, 1.82) is 0 Å². The molecule has 0 bridgehead atoms. The summed E-state index contributed by atoms with van der Waals surface area (Å²) >= 11 is 2.38. The third-order valence-corrected chi connectivity index (χ3v) is 5.91. The minimum atomic E-state index is -0.303. The molecule has 1 aliphatic carbocycles. The second-order valence-corrected chi connectivity index (χ2v) is 8.35. The van der Waals surface area contributed by atoms with Crippen LogP contribution < -0.4 is 5.73 Å². The molecule has 136 valence electrons. The predicted molar refractivity (Wildman–Crippen MR) is 113 cm³/mol. The Balaban J connectivity index is 2.13. The zero-order valence-corrected chi connectivity index (χ0v) is 17.3. The third-order valence-electron chi connectivity index (χ3n) is 5.02. The Morgan fingerprint density at radius 1 is 1.38 bits per heavy atom. The highest BCUT2D eigenvalue weighted by Gasteiger charge is 2.42. The number of nitrogens with zero attached hydrogens (tertiary/aromatic N) is 2. The molecule has 2 N–H and O–H groups in total. The molecule has 3 rings (SSSR count). The molecular formula is C21H24IN3O. The van der Waals surface area contributed by atoms with Gasteiger partial charge in [-0.05, 0) is 52.1 Å². The average Bonchev–Trinajstić information content (AvgIpc) is 3.08. The van der Waals surface area contributed by atoms with Crippen molar-refractivity contribution in [3.05, 3.63) is 75.9 Å². The van der Waals surface area contributed by atoms with Gasteiger partial charge in [0.1, 0.15) is 0 Å². The van der Waals surface area contributed by atoms with Crippen LogP contribution in [-0.4, -0.2) is 15.5 Å². The Morgan fingerprint density at radius 2 is 2.19 bits per heavy atom. The van der Waals surface area contributed by atoms with Crippen LogP contribution in [0.5, 0.6) is 0 Å². The second kappa shape index (κ2) is 7.78. The minimum Gasteiger partial charge on any atom is -0.369 e. The Labute approximate surface area is 168 Å². The molecule has 1 aromatic heterocycles. The van der Waals surface area contributed by atoms with Crippen molar-refractivity contribution < 1.29 is 4.79 Å². The normalized spacial score (nSPS) is 20.5. The van der Waals surface area contributed by atoms with E-state index in [1.165, 1.54) is 5.56 Å². The Hall–Kier alpha value is -1.89. The smallest absolute Gasteiger partial charge is 0.221 e. The molecule has 0 radical (unpaired) electrons. The maximum absolute atomic E-state index is 11.3. The maximum atomic E-state index is 11.3. The third kappa shape index (κ3) is 3.63. The van der Waals surface area contributed by atoms with Gasteiger partial charge in [-0.15, -0.1) is 0 Å². The lowest BCUT2D eigenvalue weighted by molar-refractivity contribution is -0.117. The van der Waals surface area contributed by atoms with Crippen LogP contribution in [0.3, 0.4) is 0 Å². The van der Waals surface area contributed by atoms with E-state index in [1.54, 1.807) is 0 Å². The van der Waals surface area contributed by atoms with Gasteiger partial charge in [0, 0.05) is 21.4 Å². The first-order valence-corrected chi connectivity index (χ1v) is 9.91. The van der Waals surface area contributed by atoms with Crippen LogP contribution in [-0.2, 0) is 16.6 Å². The molecule has 2 atom stereocenters. The van der Waals surface area contributed by atoms with Crippen molar-refractivity contribution in [3.63, 3.8) is 0 Å². The van der Waals surface area contributed by atoms with Crippen LogP contribution in [0.2, 0.25) is 0 Å². The van der Waals surface area contributed by atoms with Crippen LogP contribution in [0.25, 0.3) is 0 Å². The quantitative estimate of drug-likeness (QED) is 0.657. The number of benzene rings is 1. The summed E-state index contributed by atoms with van der Waals surface area (Å²) in [7, 11) is 0. The average molecular weight is 461 g/mol. The summed E-state index contributed by atoms with van der Waals surface area (Å²) in [4.78, 5) is 15.6. The van der Waals surface area contributed by atoms with E-state index >= 15 is 0 Å². The van der Waals surface area contributed by atoms with E-state index in [-0.39, 0.29) is 23.8 Å². The molecule has 0 saturated heterocycles. The van der Waals surface area contributed by atoms with Crippen LogP contribution in [0.4, 0.5) is 0 Å². The first-order valence-electron chi connectivity index (χ1n) is 8.83. The lowest BCUT2D eigenvalue weighted by Crippen LogP contribution is -2.39. The number of hydrogen-bond acceptors (Lipinski definition) is 2. The monoisotopic (exact) mass is 461 g/mol. The van der Waals surface area contributed by atoms with E-state index in [0.717, 1.165) is 15.6 Å². The highest BCUT2D eigenvalue weighted by atomic mass is 127. The zero-order chi connectivity index (χ0) is 18.7. The summed E-state index contributed by atoms with van der Waals surface area (Å²) in [5, 5.41) is 0. The highest BCUT2D eigenvalue weighted by Crippen LogP contribution is 2.47. The molecule has 5 heteroatoms. The first-order chi connectivity index (χ1) is 12.4. The number of rotatable bonds is 6. The fourth-order valence-electron chi connectivity index (χ4n) is 4.10. The largest absolute Gasteiger partial charge is 0.369 e. The molecule has 26 heavy (non-hydrogen) atoms. The summed E-state index contributed by atoms with van der Waals surface area (Å²) < 4.78 is 3.38. The van der Waals surface area contributed by atoms with Gasteiger partial charge in [0.2, 0.25) is 5.91 Å². The van der Waals surface area contributed by atoms with Crippen molar-refractivity contribution in [2.45, 2.75) is 38.1 Å². The predicted octanol–water partition coefficient (Wildman–Crippen LogP) is 4.17. The van der Waals surface area contributed by atoms with Gasteiger partial charge in [-0.25, -0.2) is 4.98 Å². The lowest BCUT2D eigenvalue weighted by atomic mass is 9.66. The van der Waals surface area contributed by atoms with Gasteiger partial charge in [0.25, 0.3) is 0 Å². The van der Waals surface area contributed by atoms with Crippen LogP contribution in [0.1, 0.15) is 37.4 Å². The van der Waals surface area contributed by atoms with Gasteiger partial charge in [-0.1, -0.05) is 50.3 Å². The Kier molecular flexibility index (Phi) is 5.65. The van der Waals surface area contributed by atoms with E-state index in [4.69, 9.17) is 5.73 Å². The van der Waals surface area contributed by atoms with E-state index in [1.807, 2.05) is 24.8 Å². The molecule has 1 amide bonds. The number of amides is 1. The molecule has 2 aromatic rings. The summed E-state index contributed by atoms with van der Waals surface area (Å²) in [6, 6.07) is 6.51. The molecule has 2 unspecified atom stereocenters. The molecule has 1 aliphatic rings. The molecule has 0 saturated carbocycles. The standard InChI is InChI=1S/C21H24IN3O/c1-15(2)20(25-11-10-24-14-25)21(8-4-3-5-9-21)17-7-6-16(12-18(17)22)13-19(23)26/h3-8,10-12,14-15,20H,9,13H2,1-2H3,(H2,23,26). The number of primary amides is 1. The summed E-state index contributed by atoms with van der Waals surface area (Å²) in [6.45, 7) is 4.51. The van der Waals surface area contributed by atoms with E-state index in [2.05, 4.69) is 82.4 Å². The topological polar surface area (TPSA) is 60.9 Å². The van der Waals surface area contributed by atoms with Crippen molar-refractivity contribution in [3.8, 4) is 0 Å². The number of aromatic nitrogens is 2. The fraction of sp³-hybridized carbons (Fsp3) is 0.333. The zero-order valence-electron chi connectivity index (χ0n) is 15.1. The fourth-order valence-corrected chi connectivity index (χ4v) is 5.18. The second-order valence-electron chi connectivity index (χ2n) is 7.19. The van der Waals surface area contributed by atoms with Gasteiger partial charge in [0.05, 0.1) is 18.8 Å². The van der Waals surface area contributed by atoms with Gasteiger partial charge >= 0.3 is 0 Å². The van der Waals surface area contributed by atoms with E-state index in [9.17, 15) is 4.79 Å². The van der Waals surface area contributed by atoms with Gasteiger partial charge < -0.3 is 10.3 Å². The maximum Gasteiger partial charge on any atom is 0.221 e. The molecule has 1 aromatic carbocycles. The number of nitrogens with two attached hydrogens (primary N) is 1. The Bertz CT molecular complexity index is 839. The number of carbonyl (C=O) groups is 1. The summed E-state index contributed by atoms with van der Waals surface area (Å²) in [6.07, 6.45) is 15.8. The number of imidazole rings is 1. The van der Waals surface area contributed by atoms with Crippen LogP contribution in [0, 0.1) is 9.49 Å².